The van der Waals surface area contributed by atoms with Gasteiger partial charge in [0.25, 0.3) is 0 Å². The van der Waals surface area contributed by atoms with Crippen molar-refractivity contribution in [3.63, 3.8) is 0 Å². The molecule has 0 saturated carbocycles. The number of hydrogen-bond acceptors (Lipinski definition) is 2. The van der Waals surface area contributed by atoms with E-state index in [4.69, 9.17) is 0 Å². The molecule has 0 aliphatic carbocycles. The van der Waals surface area contributed by atoms with Crippen LogP contribution in [0, 0.1) is 5.82 Å². The third-order valence-corrected chi connectivity index (χ3v) is 4.60. The number of carbonyl (C=O) groups is 1. The summed E-state index contributed by atoms with van der Waals surface area (Å²) in [6.07, 6.45) is 2.68. The largest absolute Gasteiger partial charge is 0.385 e. The maximum atomic E-state index is 14.1. The van der Waals surface area contributed by atoms with Crippen molar-refractivity contribution in [2.75, 3.05) is 12.4 Å². The molecule has 2 rings (SSSR count). The van der Waals surface area contributed by atoms with E-state index in [1.807, 2.05) is 6.07 Å². The summed E-state index contributed by atoms with van der Waals surface area (Å²) in [6.45, 7) is 10.5. The van der Waals surface area contributed by atoms with Crippen molar-refractivity contribution in [1.29, 1.82) is 0 Å². The predicted molar refractivity (Wildman–Crippen MR) is 111 cm³/mol. The second-order valence-corrected chi connectivity index (χ2v) is 7.72. The molecule has 0 bridgehead atoms. The minimum atomic E-state index is -0.349. The Morgan fingerprint density at radius 2 is 1.81 bits per heavy atom. The quantitative estimate of drug-likeness (QED) is 0.717. The summed E-state index contributed by atoms with van der Waals surface area (Å²) in [5.74, 6) is -0.397. The molecule has 4 heteroatoms. The lowest BCUT2D eigenvalue weighted by molar-refractivity contribution is -0.121. The van der Waals surface area contributed by atoms with Gasteiger partial charge in [-0.05, 0) is 40.7 Å². The van der Waals surface area contributed by atoms with E-state index in [2.05, 4.69) is 62.2 Å². The molecule has 0 atom stereocenters. The van der Waals surface area contributed by atoms with Crippen LogP contribution in [0.4, 0.5) is 10.1 Å². The van der Waals surface area contributed by atoms with Crippen molar-refractivity contribution in [2.45, 2.75) is 45.6 Å². The summed E-state index contributed by atoms with van der Waals surface area (Å²) in [6, 6.07) is 11.7. The SMILES string of the molecule is C=Cc1cc(CNC(=O)CCc2ccc(C(C)(C)C)cc2)cc(F)c1NC. The molecule has 0 unspecified atom stereocenters. The van der Waals surface area contributed by atoms with Gasteiger partial charge in [0, 0.05) is 25.6 Å². The highest BCUT2D eigenvalue weighted by molar-refractivity contribution is 5.76. The Balaban J connectivity index is 1.90. The van der Waals surface area contributed by atoms with E-state index < -0.39 is 0 Å². The Bertz CT molecular complexity index is 804. The first kappa shape index (κ1) is 20.7. The van der Waals surface area contributed by atoms with Crippen molar-refractivity contribution in [1.82, 2.24) is 5.32 Å². The summed E-state index contributed by atoms with van der Waals surface area (Å²) < 4.78 is 14.1. The van der Waals surface area contributed by atoms with E-state index in [9.17, 15) is 9.18 Å². The van der Waals surface area contributed by atoms with Gasteiger partial charge in [-0.15, -0.1) is 0 Å². The fourth-order valence-corrected chi connectivity index (χ4v) is 2.93. The van der Waals surface area contributed by atoms with E-state index in [0.29, 0.717) is 36.2 Å². The Morgan fingerprint density at radius 1 is 1.15 bits per heavy atom. The van der Waals surface area contributed by atoms with Gasteiger partial charge in [0.1, 0.15) is 5.82 Å². The molecular formula is C23H29FN2O. The number of amides is 1. The minimum absolute atomic E-state index is 0.0480. The molecule has 0 aromatic heterocycles. The number of halogens is 1. The van der Waals surface area contributed by atoms with Crippen LogP contribution >= 0.6 is 0 Å². The second-order valence-electron chi connectivity index (χ2n) is 7.72. The van der Waals surface area contributed by atoms with Gasteiger partial charge in [0.05, 0.1) is 5.69 Å². The zero-order valence-electron chi connectivity index (χ0n) is 16.7. The smallest absolute Gasteiger partial charge is 0.220 e. The van der Waals surface area contributed by atoms with Gasteiger partial charge in [-0.3, -0.25) is 4.79 Å². The molecule has 0 spiro atoms. The fraction of sp³-hybridized carbons (Fsp3) is 0.348. The molecule has 0 fully saturated rings. The molecule has 27 heavy (non-hydrogen) atoms. The Hall–Kier alpha value is -2.62. The van der Waals surface area contributed by atoms with Crippen LogP contribution in [0.15, 0.2) is 43.0 Å². The third-order valence-electron chi connectivity index (χ3n) is 4.60. The molecule has 3 nitrogen and oxygen atoms in total. The van der Waals surface area contributed by atoms with Gasteiger partial charge in [-0.2, -0.15) is 0 Å². The molecule has 0 radical (unpaired) electrons. The first-order valence-electron chi connectivity index (χ1n) is 9.23. The van der Waals surface area contributed by atoms with E-state index >= 15 is 0 Å². The number of benzene rings is 2. The minimum Gasteiger partial charge on any atom is -0.385 e. The maximum Gasteiger partial charge on any atom is 0.220 e. The number of hydrogen-bond donors (Lipinski definition) is 2. The summed E-state index contributed by atoms with van der Waals surface area (Å²) in [5, 5.41) is 5.69. The Morgan fingerprint density at radius 3 is 2.37 bits per heavy atom. The monoisotopic (exact) mass is 368 g/mol. The normalized spacial score (nSPS) is 11.1. The van der Waals surface area contributed by atoms with E-state index in [0.717, 1.165) is 5.56 Å². The number of aryl methyl sites for hydroxylation is 1. The average Bonchev–Trinajstić information content (AvgIpc) is 2.63. The zero-order chi connectivity index (χ0) is 20.0. The third kappa shape index (κ3) is 5.68. The topological polar surface area (TPSA) is 41.1 Å². The highest BCUT2D eigenvalue weighted by atomic mass is 19.1. The van der Waals surface area contributed by atoms with Gasteiger partial charge in [-0.1, -0.05) is 57.7 Å². The molecule has 0 saturated heterocycles. The van der Waals surface area contributed by atoms with Gasteiger partial charge < -0.3 is 10.6 Å². The van der Waals surface area contributed by atoms with Crippen molar-refractivity contribution in [2.24, 2.45) is 0 Å². The van der Waals surface area contributed by atoms with Crippen molar-refractivity contribution in [3.8, 4) is 0 Å². The van der Waals surface area contributed by atoms with Crippen molar-refractivity contribution in [3.05, 3.63) is 71.0 Å². The van der Waals surface area contributed by atoms with Gasteiger partial charge in [-0.25, -0.2) is 4.39 Å². The number of rotatable bonds is 7. The van der Waals surface area contributed by atoms with E-state index in [1.54, 1.807) is 13.1 Å². The van der Waals surface area contributed by atoms with Crippen molar-refractivity contribution >= 4 is 17.7 Å². The van der Waals surface area contributed by atoms with Crippen LogP contribution in [0.2, 0.25) is 0 Å². The molecule has 2 aromatic carbocycles. The second kappa shape index (κ2) is 8.85. The first-order chi connectivity index (χ1) is 12.7. The lowest BCUT2D eigenvalue weighted by Gasteiger charge is -2.19. The van der Waals surface area contributed by atoms with Crippen molar-refractivity contribution < 1.29 is 9.18 Å². The Kier molecular flexibility index (Phi) is 6.78. The number of carbonyl (C=O) groups excluding carboxylic acids is 1. The number of anilines is 1. The Labute approximate surface area is 161 Å². The van der Waals surface area contributed by atoms with Gasteiger partial charge in [0.15, 0.2) is 0 Å². The molecule has 2 N–H and O–H groups in total. The lowest BCUT2D eigenvalue weighted by atomic mass is 9.86. The van der Waals surface area contributed by atoms with Crippen LogP contribution in [0.1, 0.15) is 49.4 Å². The predicted octanol–water partition coefficient (Wildman–Crippen LogP) is 5.06. The maximum absolute atomic E-state index is 14.1. The fourth-order valence-electron chi connectivity index (χ4n) is 2.93. The molecule has 0 aliphatic rings. The van der Waals surface area contributed by atoms with Crippen LogP contribution in [0.3, 0.4) is 0 Å². The molecule has 0 aliphatic heterocycles. The van der Waals surface area contributed by atoms with Crippen LogP contribution in [-0.2, 0) is 23.2 Å². The molecular weight excluding hydrogens is 339 g/mol. The van der Waals surface area contributed by atoms with E-state index in [-0.39, 0.29) is 17.1 Å². The van der Waals surface area contributed by atoms with E-state index in [1.165, 1.54) is 11.6 Å². The highest BCUT2D eigenvalue weighted by Crippen LogP contribution is 2.23. The van der Waals surface area contributed by atoms with Gasteiger partial charge >= 0.3 is 0 Å². The van der Waals surface area contributed by atoms with Crippen LogP contribution in [0.5, 0.6) is 0 Å². The molecule has 144 valence electrons. The summed E-state index contributed by atoms with van der Waals surface area (Å²) >= 11 is 0. The number of nitrogens with one attached hydrogen (secondary N) is 2. The van der Waals surface area contributed by atoms with Crippen LogP contribution in [-0.4, -0.2) is 13.0 Å². The highest BCUT2D eigenvalue weighted by Gasteiger charge is 2.13. The summed E-state index contributed by atoms with van der Waals surface area (Å²) in [5.41, 5.74) is 4.35. The van der Waals surface area contributed by atoms with Crippen LogP contribution < -0.4 is 10.6 Å². The first-order valence-corrected chi connectivity index (χ1v) is 9.23. The average molecular weight is 368 g/mol. The molecule has 2 aromatic rings. The molecule has 1 amide bonds. The van der Waals surface area contributed by atoms with Gasteiger partial charge in [0.2, 0.25) is 5.91 Å². The zero-order valence-corrected chi connectivity index (χ0v) is 16.7. The molecule has 0 heterocycles. The lowest BCUT2D eigenvalue weighted by Crippen LogP contribution is -2.23. The van der Waals surface area contributed by atoms with Crippen LogP contribution in [0.25, 0.3) is 6.08 Å². The summed E-state index contributed by atoms with van der Waals surface area (Å²) in [4.78, 5) is 12.1. The summed E-state index contributed by atoms with van der Waals surface area (Å²) in [7, 11) is 1.67. The standard InChI is InChI=1S/C23H29FN2O/c1-6-18-13-17(14-20(24)22(18)25-5)15-26-21(27)12-9-16-7-10-19(11-8-16)23(2,3)4/h6-8,10-11,13-14,25H,1,9,12,15H2,2-5H3,(H,26,27).